The highest BCUT2D eigenvalue weighted by atomic mass is 79.9. The summed E-state index contributed by atoms with van der Waals surface area (Å²) in [5.74, 6) is 0.610. The van der Waals surface area contributed by atoms with E-state index in [1.54, 1.807) is 6.07 Å². The Morgan fingerprint density at radius 1 is 1.37 bits per heavy atom. The van der Waals surface area contributed by atoms with E-state index in [0.717, 1.165) is 12.0 Å². The second-order valence-electron chi connectivity index (χ2n) is 5.98. The summed E-state index contributed by atoms with van der Waals surface area (Å²) in [6, 6.07) is 3.08. The molecule has 19 heavy (non-hydrogen) atoms. The zero-order valence-corrected chi connectivity index (χ0v) is 14.4. The molecular weight excluding hydrogens is 331 g/mol. The quantitative estimate of drug-likeness (QED) is 0.609. The minimum absolute atomic E-state index is 0.192. The highest BCUT2D eigenvalue weighted by molar-refractivity contribution is 9.10. The summed E-state index contributed by atoms with van der Waals surface area (Å²) in [5.41, 5.74) is 1.02. The third-order valence-corrected chi connectivity index (χ3v) is 4.67. The van der Waals surface area contributed by atoms with Crippen molar-refractivity contribution in [3.05, 3.63) is 28.0 Å². The monoisotopic (exact) mass is 350 g/mol. The Kier molecular flexibility index (Phi) is 5.69. The molecule has 0 aliphatic carbocycles. The lowest BCUT2D eigenvalue weighted by atomic mass is 9.79. The first kappa shape index (κ1) is 16.8. The molecule has 0 aromatic heterocycles. The predicted molar refractivity (Wildman–Crippen MR) is 82.5 cm³/mol. The molecule has 1 rings (SSSR count). The third-order valence-electron chi connectivity index (χ3n) is 3.65. The summed E-state index contributed by atoms with van der Waals surface area (Å²) in [7, 11) is 1.53. The Morgan fingerprint density at radius 3 is 2.42 bits per heavy atom. The van der Waals surface area contributed by atoms with Crippen LogP contribution in [0.15, 0.2) is 16.6 Å². The van der Waals surface area contributed by atoms with E-state index in [1.807, 2.05) is 0 Å². The molecule has 0 fully saturated rings. The lowest BCUT2D eigenvalue weighted by Gasteiger charge is -2.29. The molecule has 0 bridgehead atoms. The normalized spacial score (nSPS) is 15.2. The maximum absolute atomic E-state index is 13.5. The predicted octanol–water partition coefficient (Wildman–Crippen LogP) is 5.95. The summed E-state index contributed by atoms with van der Waals surface area (Å²) >= 11 is 9.69. The Bertz CT molecular complexity index is 443. The number of halogens is 3. The van der Waals surface area contributed by atoms with Crippen LogP contribution in [0.5, 0.6) is 5.75 Å². The van der Waals surface area contributed by atoms with Gasteiger partial charge >= 0.3 is 0 Å². The molecule has 2 atom stereocenters. The molecule has 0 aliphatic rings. The van der Waals surface area contributed by atoms with Crippen molar-refractivity contribution in [1.29, 1.82) is 0 Å². The van der Waals surface area contributed by atoms with Crippen molar-refractivity contribution in [3.63, 3.8) is 0 Å². The smallest absolute Gasteiger partial charge is 0.141 e. The summed E-state index contributed by atoms with van der Waals surface area (Å²) < 4.78 is 19.1. The van der Waals surface area contributed by atoms with Crippen LogP contribution in [0.25, 0.3) is 0 Å². The lowest BCUT2D eigenvalue weighted by molar-refractivity contribution is 0.244. The van der Waals surface area contributed by atoms with Crippen LogP contribution in [0.3, 0.4) is 0 Å². The first-order valence-electron chi connectivity index (χ1n) is 6.33. The van der Waals surface area contributed by atoms with Crippen LogP contribution in [0, 0.1) is 17.2 Å². The number of hydrogen-bond acceptors (Lipinski definition) is 1. The average Bonchev–Trinajstić information content (AvgIpc) is 2.30. The summed E-state index contributed by atoms with van der Waals surface area (Å²) in [4.78, 5) is 0. The van der Waals surface area contributed by atoms with Crippen molar-refractivity contribution in [2.24, 2.45) is 11.3 Å². The molecule has 4 heteroatoms. The fourth-order valence-corrected chi connectivity index (χ4v) is 2.56. The fourth-order valence-electron chi connectivity index (χ4n) is 1.76. The maximum atomic E-state index is 13.5. The molecular formula is C15H21BrClFO. The standard InChI is InChI=1S/C15H21BrClFO/c1-9(15(2,3)4)6-12(17)10-7-11(16)13(18)8-14(10)19-5/h7-9,12H,6H2,1-5H3. The number of methoxy groups -OCH3 is 1. The van der Waals surface area contributed by atoms with Gasteiger partial charge < -0.3 is 4.74 Å². The number of hydrogen-bond donors (Lipinski definition) is 0. The van der Waals surface area contributed by atoms with E-state index in [-0.39, 0.29) is 16.6 Å². The first-order chi connectivity index (χ1) is 8.66. The summed E-state index contributed by atoms with van der Waals surface area (Å²) in [6.45, 7) is 8.76. The van der Waals surface area contributed by atoms with Gasteiger partial charge in [0, 0.05) is 11.6 Å². The fraction of sp³-hybridized carbons (Fsp3) is 0.600. The molecule has 0 spiro atoms. The Labute approximate surface area is 128 Å². The molecule has 108 valence electrons. The molecule has 0 heterocycles. The van der Waals surface area contributed by atoms with Gasteiger partial charge in [0.05, 0.1) is 17.0 Å². The zero-order valence-electron chi connectivity index (χ0n) is 12.1. The van der Waals surface area contributed by atoms with Gasteiger partial charge in [0.15, 0.2) is 0 Å². The lowest BCUT2D eigenvalue weighted by Crippen LogP contribution is -2.18. The largest absolute Gasteiger partial charge is 0.496 e. The van der Waals surface area contributed by atoms with Crippen LogP contribution >= 0.6 is 27.5 Å². The molecule has 0 aliphatic heterocycles. The average molecular weight is 352 g/mol. The van der Waals surface area contributed by atoms with E-state index >= 15 is 0 Å². The highest BCUT2D eigenvalue weighted by Crippen LogP contribution is 2.40. The molecule has 0 saturated heterocycles. The van der Waals surface area contributed by atoms with Crippen molar-refractivity contribution in [3.8, 4) is 5.75 Å². The van der Waals surface area contributed by atoms with Gasteiger partial charge in [-0.2, -0.15) is 0 Å². The molecule has 0 N–H and O–H groups in total. The molecule has 0 radical (unpaired) electrons. The second-order valence-corrected chi connectivity index (χ2v) is 7.36. The third kappa shape index (κ3) is 4.35. The Hall–Kier alpha value is -0.280. The van der Waals surface area contributed by atoms with Crippen molar-refractivity contribution in [1.82, 2.24) is 0 Å². The Balaban J connectivity index is 2.99. The molecule has 0 amide bonds. The van der Waals surface area contributed by atoms with Crippen LogP contribution in [-0.4, -0.2) is 7.11 Å². The topological polar surface area (TPSA) is 9.23 Å². The van der Waals surface area contributed by atoms with Crippen LogP contribution < -0.4 is 4.74 Å². The Morgan fingerprint density at radius 2 is 1.95 bits per heavy atom. The van der Waals surface area contributed by atoms with Crippen molar-refractivity contribution in [2.75, 3.05) is 7.11 Å². The van der Waals surface area contributed by atoms with Crippen molar-refractivity contribution >= 4 is 27.5 Å². The van der Waals surface area contributed by atoms with Gasteiger partial charge in [-0.3, -0.25) is 0 Å². The number of rotatable bonds is 4. The first-order valence-corrected chi connectivity index (χ1v) is 7.56. The van der Waals surface area contributed by atoms with Crippen LogP contribution in [-0.2, 0) is 0 Å². The van der Waals surface area contributed by atoms with E-state index in [0.29, 0.717) is 16.1 Å². The number of benzene rings is 1. The van der Waals surface area contributed by atoms with Crippen molar-refractivity contribution < 1.29 is 9.13 Å². The summed E-state index contributed by atoms with van der Waals surface area (Å²) in [6.07, 6.45) is 0.819. The van der Waals surface area contributed by atoms with Gasteiger partial charge in [0.1, 0.15) is 11.6 Å². The van der Waals surface area contributed by atoms with E-state index < -0.39 is 0 Å². The number of alkyl halides is 1. The highest BCUT2D eigenvalue weighted by Gasteiger charge is 2.25. The van der Waals surface area contributed by atoms with Gasteiger partial charge in [-0.25, -0.2) is 4.39 Å². The van der Waals surface area contributed by atoms with E-state index in [4.69, 9.17) is 16.3 Å². The van der Waals surface area contributed by atoms with E-state index in [9.17, 15) is 4.39 Å². The SMILES string of the molecule is COc1cc(F)c(Br)cc1C(Cl)CC(C)C(C)(C)C. The molecule has 0 saturated carbocycles. The molecule has 1 aromatic rings. The van der Waals surface area contributed by atoms with Crippen LogP contribution in [0.1, 0.15) is 45.1 Å². The molecule has 2 unspecified atom stereocenters. The number of ether oxygens (including phenoxy) is 1. The van der Waals surface area contributed by atoms with Crippen LogP contribution in [0.4, 0.5) is 4.39 Å². The molecule has 1 nitrogen and oxygen atoms in total. The zero-order chi connectivity index (χ0) is 14.8. The minimum Gasteiger partial charge on any atom is -0.496 e. The summed E-state index contributed by atoms with van der Waals surface area (Å²) in [5, 5.41) is -0.193. The van der Waals surface area contributed by atoms with E-state index in [1.165, 1.54) is 13.2 Å². The molecule has 1 aromatic carbocycles. The van der Waals surface area contributed by atoms with Crippen molar-refractivity contribution in [2.45, 2.75) is 39.5 Å². The van der Waals surface area contributed by atoms with Gasteiger partial charge in [0.25, 0.3) is 0 Å². The van der Waals surface area contributed by atoms with Gasteiger partial charge in [-0.1, -0.05) is 27.7 Å². The van der Waals surface area contributed by atoms with E-state index in [2.05, 4.69) is 43.6 Å². The van der Waals surface area contributed by atoms with Gasteiger partial charge in [-0.15, -0.1) is 11.6 Å². The van der Waals surface area contributed by atoms with Crippen LogP contribution in [0.2, 0.25) is 0 Å². The second kappa shape index (κ2) is 6.45. The maximum Gasteiger partial charge on any atom is 0.141 e. The van der Waals surface area contributed by atoms with Gasteiger partial charge in [-0.05, 0) is 39.8 Å². The minimum atomic E-state index is -0.340. The van der Waals surface area contributed by atoms with Gasteiger partial charge in [0.2, 0.25) is 0 Å².